The average Bonchev–Trinajstić information content (AvgIpc) is 3.17. The van der Waals surface area contributed by atoms with E-state index in [4.69, 9.17) is 14.2 Å². The first-order chi connectivity index (χ1) is 13.2. The molecule has 7 heteroatoms. The molecule has 0 bridgehead atoms. The molecule has 0 saturated carbocycles. The molecule has 138 valence electrons. The molecule has 0 spiro atoms. The zero-order valence-electron chi connectivity index (χ0n) is 14.8. The van der Waals surface area contributed by atoms with Crippen molar-refractivity contribution in [3.8, 4) is 23.3 Å². The summed E-state index contributed by atoms with van der Waals surface area (Å²) in [7, 11) is 1.61. The lowest BCUT2D eigenvalue weighted by Gasteiger charge is -2.07. The number of nitriles is 1. The van der Waals surface area contributed by atoms with Crippen LogP contribution in [0.15, 0.2) is 54.2 Å². The summed E-state index contributed by atoms with van der Waals surface area (Å²) in [5.41, 5.74) is 1.87. The average molecular weight is 365 g/mol. The van der Waals surface area contributed by atoms with E-state index < -0.39 is 5.91 Å². The number of amides is 1. The summed E-state index contributed by atoms with van der Waals surface area (Å²) in [6.45, 7) is 0.976. The molecule has 0 radical (unpaired) electrons. The second kappa shape index (κ2) is 8.63. The van der Waals surface area contributed by atoms with Crippen LogP contribution in [-0.4, -0.2) is 19.8 Å². The monoisotopic (exact) mass is 365 g/mol. The predicted octanol–water partition coefficient (Wildman–Crippen LogP) is 2.24. The van der Waals surface area contributed by atoms with Crippen LogP contribution in [0.3, 0.4) is 0 Å². The van der Waals surface area contributed by atoms with E-state index in [1.807, 2.05) is 36.4 Å². The molecule has 0 aliphatic carbocycles. The number of nitrogens with one attached hydrogen (secondary N) is 2. The van der Waals surface area contributed by atoms with Crippen molar-refractivity contribution in [3.05, 3.63) is 65.4 Å². The smallest absolute Gasteiger partial charge is 0.263 e. The lowest BCUT2D eigenvalue weighted by Crippen LogP contribution is -2.25. The number of rotatable bonds is 7. The Labute approximate surface area is 157 Å². The molecule has 1 amide bonds. The second-order valence-electron chi connectivity index (χ2n) is 5.77. The van der Waals surface area contributed by atoms with Crippen molar-refractivity contribution in [1.82, 2.24) is 10.6 Å². The van der Waals surface area contributed by atoms with Gasteiger partial charge in [-0.2, -0.15) is 5.26 Å². The largest absolute Gasteiger partial charge is 0.497 e. The Kier molecular flexibility index (Phi) is 5.80. The Balaban J connectivity index is 1.52. The number of hydrogen-bond donors (Lipinski definition) is 2. The number of carbonyl (C=O) groups is 1. The molecule has 2 aromatic rings. The minimum absolute atomic E-state index is 0.00394. The zero-order chi connectivity index (χ0) is 19.1. The Morgan fingerprint density at radius 1 is 1.15 bits per heavy atom. The van der Waals surface area contributed by atoms with E-state index in [2.05, 4.69) is 10.6 Å². The van der Waals surface area contributed by atoms with Crippen LogP contribution < -0.4 is 24.8 Å². The Morgan fingerprint density at radius 3 is 2.63 bits per heavy atom. The van der Waals surface area contributed by atoms with E-state index in [0.717, 1.165) is 16.9 Å². The van der Waals surface area contributed by atoms with Gasteiger partial charge in [-0.1, -0.05) is 18.2 Å². The van der Waals surface area contributed by atoms with Gasteiger partial charge in [0.25, 0.3) is 5.91 Å². The van der Waals surface area contributed by atoms with Gasteiger partial charge in [-0.25, -0.2) is 0 Å². The van der Waals surface area contributed by atoms with Crippen LogP contribution >= 0.6 is 0 Å². The summed E-state index contributed by atoms with van der Waals surface area (Å²) >= 11 is 0. The quantitative estimate of drug-likeness (QED) is 0.577. The van der Waals surface area contributed by atoms with Gasteiger partial charge in [-0.05, 0) is 35.4 Å². The maximum absolute atomic E-state index is 12.2. The van der Waals surface area contributed by atoms with Gasteiger partial charge in [0, 0.05) is 19.3 Å². The van der Waals surface area contributed by atoms with Crippen molar-refractivity contribution in [2.24, 2.45) is 0 Å². The van der Waals surface area contributed by atoms with E-state index in [1.165, 1.54) is 6.20 Å². The van der Waals surface area contributed by atoms with Crippen molar-refractivity contribution >= 4 is 5.91 Å². The third kappa shape index (κ3) is 4.70. The van der Waals surface area contributed by atoms with Crippen LogP contribution in [-0.2, 0) is 17.9 Å². The highest BCUT2D eigenvalue weighted by molar-refractivity contribution is 5.97. The maximum atomic E-state index is 12.2. The molecule has 1 aliphatic heterocycles. The molecule has 0 saturated heterocycles. The molecule has 27 heavy (non-hydrogen) atoms. The lowest BCUT2D eigenvalue weighted by atomic mass is 10.2. The van der Waals surface area contributed by atoms with E-state index in [0.29, 0.717) is 18.0 Å². The minimum atomic E-state index is -0.447. The van der Waals surface area contributed by atoms with Gasteiger partial charge in [0.05, 0.1) is 7.11 Å². The Bertz CT molecular complexity index is 885. The third-order valence-corrected chi connectivity index (χ3v) is 3.97. The van der Waals surface area contributed by atoms with E-state index in [-0.39, 0.29) is 18.9 Å². The number of fused-ring (bicyclic) bond motifs is 1. The molecule has 0 atom stereocenters. The highest BCUT2D eigenvalue weighted by Crippen LogP contribution is 2.32. The molecule has 0 unspecified atom stereocenters. The van der Waals surface area contributed by atoms with Crippen molar-refractivity contribution in [2.75, 3.05) is 13.9 Å². The molecule has 2 aromatic carbocycles. The standard InChI is InChI=1S/C20H19N3O4/c1-25-17-5-2-14(3-6-17)10-22-12-16(9-21)20(24)23-11-15-4-7-18-19(8-15)27-13-26-18/h2-8,12,22H,10-11,13H2,1H3,(H,23,24)/b16-12-. The van der Waals surface area contributed by atoms with Crippen LogP contribution in [0, 0.1) is 11.3 Å². The van der Waals surface area contributed by atoms with Crippen LogP contribution in [0.5, 0.6) is 17.2 Å². The maximum Gasteiger partial charge on any atom is 0.263 e. The molecular weight excluding hydrogens is 346 g/mol. The Hall–Kier alpha value is -3.66. The normalized spacial score (nSPS) is 12.2. The summed E-state index contributed by atoms with van der Waals surface area (Å²) < 4.78 is 15.7. The minimum Gasteiger partial charge on any atom is -0.497 e. The lowest BCUT2D eigenvalue weighted by molar-refractivity contribution is -0.117. The first-order valence-electron chi connectivity index (χ1n) is 8.33. The number of hydrogen-bond acceptors (Lipinski definition) is 6. The number of benzene rings is 2. The van der Waals surface area contributed by atoms with Gasteiger partial charge in [-0.15, -0.1) is 0 Å². The predicted molar refractivity (Wildman–Crippen MR) is 97.9 cm³/mol. The highest BCUT2D eigenvalue weighted by atomic mass is 16.7. The first kappa shape index (κ1) is 18.1. The SMILES string of the molecule is COc1ccc(CN/C=C(/C#N)C(=O)NCc2ccc3c(c2)OCO3)cc1. The third-order valence-electron chi connectivity index (χ3n) is 3.97. The summed E-state index contributed by atoms with van der Waals surface area (Å²) in [6.07, 6.45) is 1.42. The molecule has 7 nitrogen and oxygen atoms in total. The molecule has 0 fully saturated rings. The molecule has 1 heterocycles. The van der Waals surface area contributed by atoms with Gasteiger partial charge >= 0.3 is 0 Å². The van der Waals surface area contributed by atoms with Gasteiger partial charge < -0.3 is 24.8 Å². The number of carbonyl (C=O) groups excluding carboxylic acids is 1. The van der Waals surface area contributed by atoms with Crippen LogP contribution in [0.1, 0.15) is 11.1 Å². The molecular formula is C20H19N3O4. The second-order valence-corrected chi connectivity index (χ2v) is 5.77. The van der Waals surface area contributed by atoms with Gasteiger partial charge in [0.15, 0.2) is 11.5 Å². The van der Waals surface area contributed by atoms with Gasteiger partial charge in [-0.3, -0.25) is 4.79 Å². The summed E-state index contributed by atoms with van der Waals surface area (Å²) in [5.74, 6) is 1.66. The van der Waals surface area contributed by atoms with E-state index in [1.54, 1.807) is 19.2 Å². The fourth-order valence-electron chi connectivity index (χ4n) is 2.49. The zero-order valence-corrected chi connectivity index (χ0v) is 14.8. The van der Waals surface area contributed by atoms with E-state index >= 15 is 0 Å². The van der Waals surface area contributed by atoms with Gasteiger partial charge in [0.2, 0.25) is 6.79 Å². The van der Waals surface area contributed by atoms with Crippen molar-refractivity contribution in [1.29, 1.82) is 5.26 Å². The molecule has 3 rings (SSSR count). The topological polar surface area (TPSA) is 92.6 Å². The molecule has 1 aliphatic rings. The number of nitrogens with zero attached hydrogens (tertiary/aromatic N) is 1. The number of ether oxygens (including phenoxy) is 3. The Morgan fingerprint density at radius 2 is 1.89 bits per heavy atom. The summed E-state index contributed by atoms with van der Waals surface area (Å²) in [4.78, 5) is 12.2. The van der Waals surface area contributed by atoms with E-state index in [9.17, 15) is 10.1 Å². The highest BCUT2D eigenvalue weighted by Gasteiger charge is 2.14. The van der Waals surface area contributed by atoms with Crippen LogP contribution in [0.25, 0.3) is 0 Å². The molecule has 2 N–H and O–H groups in total. The first-order valence-corrected chi connectivity index (χ1v) is 8.33. The summed E-state index contributed by atoms with van der Waals surface area (Å²) in [6, 6.07) is 14.9. The summed E-state index contributed by atoms with van der Waals surface area (Å²) in [5, 5.41) is 14.9. The van der Waals surface area contributed by atoms with Crippen LogP contribution in [0.4, 0.5) is 0 Å². The van der Waals surface area contributed by atoms with Gasteiger partial charge in [0.1, 0.15) is 17.4 Å². The van der Waals surface area contributed by atoms with Crippen molar-refractivity contribution in [2.45, 2.75) is 13.1 Å². The van der Waals surface area contributed by atoms with Crippen molar-refractivity contribution in [3.63, 3.8) is 0 Å². The number of methoxy groups -OCH3 is 1. The van der Waals surface area contributed by atoms with Crippen molar-refractivity contribution < 1.29 is 19.0 Å². The molecule has 0 aromatic heterocycles. The van der Waals surface area contributed by atoms with Crippen LogP contribution in [0.2, 0.25) is 0 Å². The fraction of sp³-hybridized carbons (Fsp3) is 0.200. The fourth-order valence-corrected chi connectivity index (χ4v) is 2.49.